The third-order valence-corrected chi connectivity index (χ3v) is 6.60. The fourth-order valence-corrected chi connectivity index (χ4v) is 4.63. The predicted molar refractivity (Wildman–Crippen MR) is 138 cm³/mol. The van der Waals surface area contributed by atoms with Gasteiger partial charge in [0.15, 0.2) is 5.82 Å². The number of carbonyl (C=O) groups excluding carboxylic acids is 1. The number of piperazine rings is 1. The van der Waals surface area contributed by atoms with E-state index in [1.165, 1.54) is 18.2 Å². The summed E-state index contributed by atoms with van der Waals surface area (Å²) >= 11 is 5.83. The Morgan fingerprint density at radius 2 is 1.83 bits per heavy atom. The summed E-state index contributed by atoms with van der Waals surface area (Å²) in [6, 6.07) is 21.2. The topological polar surface area (TPSA) is 85.2 Å². The van der Waals surface area contributed by atoms with Crippen molar-refractivity contribution in [1.82, 2.24) is 15.1 Å². The maximum absolute atomic E-state index is 13.4. The van der Waals surface area contributed by atoms with Gasteiger partial charge in [-0.2, -0.15) is 5.26 Å². The normalized spacial score (nSPS) is 15.6. The van der Waals surface area contributed by atoms with Crippen LogP contribution in [0.15, 0.2) is 66.7 Å². The summed E-state index contributed by atoms with van der Waals surface area (Å²) in [7, 11) is 0. The van der Waals surface area contributed by atoms with Crippen molar-refractivity contribution in [3.63, 3.8) is 0 Å². The highest BCUT2D eigenvalue weighted by Crippen LogP contribution is 2.33. The summed E-state index contributed by atoms with van der Waals surface area (Å²) in [5, 5.41) is 22.9. The van der Waals surface area contributed by atoms with Gasteiger partial charge in [-0.1, -0.05) is 48.0 Å². The molecular weight excluding hydrogens is 479 g/mol. The van der Waals surface area contributed by atoms with Gasteiger partial charge in [0.25, 0.3) is 0 Å². The van der Waals surface area contributed by atoms with Crippen LogP contribution in [-0.2, 0) is 0 Å². The lowest BCUT2D eigenvalue weighted by Gasteiger charge is -2.40. The number of halogens is 2. The predicted octanol–water partition coefficient (Wildman–Crippen LogP) is 5.70. The van der Waals surface area contributed by atoms with Gasteiger partial charge < -0.3 is 15.1 Å². The molecule has 0 bridgehead atoms. The van der Waals surface area contributed by atoms with Crippen LogP contribution in [0.2, 0.25) is 5.02 Å². The highest BCUT2D eigenvalue weighted by Gasteiger charge is 2.29. The molecule has 1 aliphatic heterocycles. The summed E-state index contributed by atoms with van der Waals surface area (Å²) in [5.41, 5.74) is 2.67. The van der Waals surface area contributed by atoms with E-state index in [4.69, 9.17) is 16.9 Å². The number of amides is 2. The summed E-state index contributed by atoms with van der Waals surface area (Å²) in [6.07, 6.45) is 0. The first kappa shape index (κ1) is 23.5. The molecule has 5 rings (SSSR count). The summed E-state index contributed by atoms with van der Waals surface area (Å²) < 4.78 is 13.4. The number of nitrogens with one attached hydrogen (secondary N) is 1. The lowest BCUT2D eigenvalue weighted by molar-refractivity contribution is 0.200. The molecule has 1 unspecified atom stereocenters. The lowest BCUT2D eigenvalue weighted by atomic mass is 10.0. The molecule has 7 nitrogen and oxygen atoms in total. The van der Waals surface area contributed by atoms with Gasteiger partial charge in [0.2, 0.25) is 0 Å². The Kier molecular flexibility index (Phi) is 6.40. The van der Waals surface area contributed by atoms with Crippen LogP contribution < -0.4 is 10.2 Å². The second kappa shape index (κ2) is 9.80. The van der Waals surface area contributed by atoms with Gasteiger partial charge in [-0.25, -0.2) is 9.18 Å². The summed E-state index contributed by atoms with van der Waals surface area (Å²) in [5.74, 6) is 0.233. The molecule has 180 valence electrons. The van der Waals surface area contributed by atoms with Crippen LogP contribution in [0.25, 0.3) is 22.0 Å². The van der Waals surface area contributed by atoms with E-state index in [2.05, 4.69) is 26.5 Å². The van der Waals surface area contributed by atoms with Crippen molar-refractivity contribution in [2.24, 2.45) is 0 Å². The molecule has 1 aromatic heterocycles. The number of anilines is 2. The Morgan fingerprint density at radius 1 is 1.08 bits per heavy atom. The molecule has 0 radical (unpaired) electrons. The number of urea groups is 1. The third-order valence-electron chi connectivity index (χ3n) is 6.31. The molecule has 36 heavy (non-hydrogen) atoms. The number of rotatable bonds is 3. The largest absolute Gasteiger partial charge is 0.348 e. The monoisotopic (exact) mass is 500 g/mol. The van der Waals surface area contributed by atoms with E-state index in [9.17, 15) is 9.18 Å². The SMILES string of the molecule is CC1CN(C(=O)Nc2ccc(F)c(Cl)c2)CCN1c1nnc(-c2ccc(C#N)cc2)c2ccccc12. The molecule has 4 aromatic rings. The molecule has 1 N–H and O–H groups in total. The van der Waals surface area contributed by atoms with E-state index in [0.717, 1.165) is 27.8 Å². The van der Waals surface area contributed by atoms with Crippen molar-refractivity contribution in [3.8, 4) is 17.3 Å². The lowest BCUT2D eigenvalue weighted by Crippen LogP contribution is -2.55. The highest BCUT2D eigenvalue weighted by atomic mass is 35.5. The molecule has 1 saturated heterocycles. The Hall–Kier alpha value is -4.22. The smallest absolute Gasteiger partial charge is 0.321 e. The minimum absolute atomic E-state index is 0.0141. The van der Waals surface area contributed by atoms with Gasteiger partial charge in [-0.05, 0) is 37.3 Å². The Balaban J connectivity index is 1.37. The number of benzene rings is 3. The molecule has 2 heterocycles. The number of carbonyl (C=O) groups is 1. The third kappa shape index (κ3) is 4.53. The zero-order valence-corrected chi connectivity index (χ0v) is 20.2. The van der Waals surface area contributed by atoms with Crippen molar-refractivity contribution >= 4 is 39.9 Å². The van der Waals surface area contributed by atoms with E-state index < -0.39 is 5.82 Å². The summed E-state index contributed by atoms with van der Waals surface area (Å²) in [6.45, 7) is 3.58. The maximum Gasteiger partial charge on any atom is 0.321 e. The molecule has 1 atom stereocenters. The summed E-state index contributed by atoms with van der Waals surface area (Å²) in [4.78, 5) is 16.7. The molecular formula is C27H22ClFN6O. The van der Waals surface area contributed by atoms with Crippen molar-refractivity contribution < 1.29 is 9.18 Å². The standard InChI is InChI=1S/C27H22ClFN6O/c1-17-16-34(27(36)31-20-10-11-24(29)23(28)14-20)12-13-35(17)26-22-5-3-2-4-21(22)25(32-33-26)19-8-6-18(15-30)7-9-19/h2-11,14,17H,12-13,16H2,1H3,(H,31,36). The molecule has 0 spiro atoms. The number of nitrogens with zero attached hydrogens (tertiary/aromatic N) is 5. The van der Waals surface area contributed by atoms with Crippen LogP contribution in [0.5, 0.6) is 0 Å². The minimum Gasteiger partial charge on any atom is -0.348 e. The maximum atomic E-state index is 13.4. The van der Waals surface area contributed by atoms with E-state index >= 15 is 0 Å². The fraction of sp³-hybridized carbons (Fsp3) is 0.185. The Labute approximate surface area is 212 Å². The molecule has 0 aliphatic carbocycles. The highest BCUT2D eigenvalue weighted by molar-refractivity contribution is 6.31. The molecule has 1 fully saturated rings. The first-order chi connectivity index (χ1) is 17.4. The van der Waals surface area contributed by atoms with Gasteiger partial charge in [0.1, 0.15) is 11.5 Å². The zero-order valence-electron chi connectivity index (χ0n) is 19.4. The van der Waals surface area contributed by atoms with Crippen LogP contribution in [0, 0.1) is 17.1 Å². The first-order valence-electron chi connectivity index (χ1n) is 11.5. The average Bonchev–Trinajstić information content (AvgIpc) is 2.90. The van der Waals surface area contributed by atoms with Crippen LogP contribution in [0.3, 0.4) is 0 Å². The second-order valence-electron chi connectivity index (χ2n) is 8.65. The van der Waals surface area contributed by atoms with Crippen LogP contribution in [0.4, 0.5) is 20.7 Å². The Bertz CT molecular complexity index is 1490. The number of nitriles is 1. The molecule has 3 aromatic carbocycles. The molecule has 1 aliphatic rings. The number of aromatic nitrogens is 2. The quantitative estimate of drug-likeness (QED) is 0.390. The number of hydrogen-bond donors (Lipinski definition) is 1. The molecule has 2 amide bonds. The van der Waals surface area contributed by atoms with Gasteiger partial charge in [0, 0.05) is 47.7 Å². The van der Waals surface area contributed by atoms with Crippen molar-refractivity contribution in [3.05, 3.63) is 83.1 Å². The number of hydrogen-bond acceptors (Lipinski definition) is 5. The van der Waals surface area contributed by atoms with Crippen LogP contribution >= 0.6 is 11.6 Å². The van der Waals surface area contributed by atoms with E-state index in [0.29, 0.717) is 30.9 Å². The average molecular weight is 501 g/mol. The fourth-order valence-electron chi connectivity index (χ4n) is 4.45. The number of fused-ring (bicyclic) bond motifs is 1. The molecule has 0 saturated carbocycles. The Morgan fingerprint density at radius 3 is 2.53 bits per heavy atom. The van der Waals surface area contributed by atoms with Crippen LogP contribution in [0.1, 0.15) is 12.5 Å². The van der Waals surface area contributed by atoms with Crippen molar-refractivity contribution in [2.75, 3.05) is 29.9 Å². The van der Waals surface area contributed by atoms with Gasteiger partial charge in [-0.3, -0.25) is 0 Å². The van der Waals surface area contributed by atoms with Gasteiger partial charge in [-0.15, -0.1) is 10.2 Å². The van der Waals surface area contributed by atoms with E-state index in [1.54, 1.807) is 17.0 Å². The first-order valence-corrected chi connectivity index (χ1v) is 11.9. The van der Waals surface area contributed by atoms with Crippen molar-refractivity contribution in [2.45, 2.75) is 13.0 Å². The zero-order chi connectivity index (χ0) is 25.2. The van der Waals surface area contributed by atoms with E-state index in [1.807, 2.05) is 43.3 Å². The van der Waals surface area contributed by atoms with Gasteiger partial charge >= 0.3 is 6.03 Å². The van der Waals surface area contributed by atoms with Crippen LogP contribution in [-0.4, -0.2) is 46.8 Å². The second-order valence-corrected chi connectivity index (χ2v) is 9.06. The van der Waals surface area contributed by atoms with Crippen molar-refractivity contribution in [1.29, 1.82) is 5.26 Å². The van der Waals surface area contributed by atoms with Gasteiger partial charge in [0.05, 0.1) is 16.7 Å². The minimum atomic E-state index is -0.532. The van der Waals surface area contributed by atoms with E-state index in [-0.39, 0.29) is 17.1 Å². The molecule has 9 heteroatoms.